The lowest BCUT2D eigenvalue weighted by Crippen LogP contribution is -2.38. The van der Waals surface area contributed by atoms with Gasteiger partial charge >= 0.3 is 0 Å². The molecule has 0 atom stereocenters. The minimum Gasteiger partial charge on any atom is -0.309 e. The van der Waals surface area contributed by atoms with Gasteiger partial charge in [0.1, 0.15) is 0 Å². The molecular formula is C19H21N5OS. The molecule has 0 saturated carbocycles. The number of aromatic nitrogens is 4. The standard InChI is InChI=1S/C19H21N5OS/c1-14(2)24(16-7-5-4-6-8-16)17(25)13-26-19-22-21-18(23(19)3)15-9-11-20-12-10-15/h4-12,14H,13H2,1-3H3. The van der Waals surface area contributed by atoms with E-state index in [-0.39, 0.29) is 11.9 Å². The molecule has 1 aromatic carbocycles. The van der Waals surface area contributed by atoms with E-state index < -0.39 is 0 Å². The van der Waals surface area contributed by atoms with Gasteiger partial charge in [-0.3, -0.25) is 9.78 Å². The molecule has 0 aliphatic heterocycles. The predicted octanol–water partition coefficient (Wildman–Crippen LogP) is 3.41. The summed E-state index contributed by atoms with van der Waals surface area (Å²) >= 11 is 1.39. The fourth-order valence-corrected chi connectivity index (χ4v) is 3.48. The molecule has 1 amide bonds. The van der Waals surface area contributed by atoms with Gasteiger partial charge in [-0.05, 0) is 38.1 Å². The van der Waals surface area contributed by atoms with Crippen LogP contribution in [0.15, 0.2) is 60.0 Å². The summed E-state index contributed by atoms with van der Waals surface area (Å²) in [5, 5.41) is 9.18. The molecule has 0 unspecified atom stereocenters. The molecule has 6 nitrogen and oxygen atoms in total. The SMILES string of the molecule is CC(C)N(C(=O)CSc1nnc(-c2ccncc2)n1C)c1ccccc1. The summed E-state index contributed by atoms with van der Waals surface area (Å²) < 4.78 is 1.90. The van der Waals surface area contributed by atoms with Gasteiger partial charge in [0.25, 0.3) is 0 Å². The molecule has 0 aliphatic rings. The van der Waals surface area contributed by atoms with Crippen LogP contribution >= 0.6 is 11.8 Å². The van der Waals surface area contributed by atoms with Crippen LogP contribution in [0.3, 0.4) is 0 Å². The van der Waals surface area contributed by atoms with Gasteiger partial charge in [-0.15, -0.1) is 10.2 Å². The average Bonchev–Trinajstić information content (AvgIpc) is 3.02. The lowest BCUT2D eigenvalue weighted by molar-refractivity contribution is -0.116. The van der Waals surface area contributed by atoms with Gasteiger partial charge < -0.3 is 9.47 Å². The zero-order chi connectivity index (χ0) is 18.5. The Hall–Kier alpha value is -2.67. The van der Waals surface area contributed by atoms with Crippen LogP contribution < -0.4 is 4.90 Å². The number of carbonyl (C=O) groups excluding carboxylic acids is 1. The summed E-state index contributed by atoms with van der Waals surface area (Å²) in [6, 6.07) is 13.6. The largest absolute Gasteiger partial charge is 0.309 e. The topological polar surface area (TPSA) is 63.9 Å². The number of hydrogen-bond donors (Lipinski definition) is 0. The Labute approximate surface area is 157 Å². The van der Waals surface area contributed by atoms with Crippen molar-refractivity contribution in [2.75, 3.05) is 10.7 Å². The molecule has 2 heterocycles. The molecule has 0 bridgehead atoms. The van der Waals surface area contributed by atoms with Gasteiger partial charge in [-0.2, -0.15) is 0 Å². The van der Waals surface area contributed by atoms with E-state index >= 15 is 0 Å². The molecule has 26 heavy (non-hydrogen) atoms. The predicted molar refractivity (Wildman–Crippen MR) is 104 cm³/mol. The second-order valence-electron chi connectivity index (χ2n) is 6.08. The van der Waals surface area contributed by atoms with Crippen LogP contribution in [0.4, 0.5) is 5.69 Å². The molecule has 0 saturated heterocycles. The fraction of sp³-hybridized carbons (Fsp3) is 0.263. The molecule has 0 radical (unpaired) electrons. The minimum absolute atomic E-state index is 0.0460. The molecule has 3 aromatic rings. The molecule has 7 heteroatoms. The lowest BCUT2D eigenvalue weighted by Gasteiger charge is -2.26. The normalized spacial score (nSPS) is 10.9. The van der Waals surface area contributed by atoms with Gasteiger partial charge in [0, 0.05) is 36.7 Å². The summed E-state index contributed by atoms with van der Waals surface area (Å²) in [4.78, 5) is 18.6. The van der Waals surface area contributed by atoms with E-state index in [1.165, 1.54) is 11.8 Å². The van der Waals surface area contributed by atoms with E-state index in [2.05, 4.69) is 15.2 Å². The monoisotopic (exact) mass is 367 g/mol. The zero-order valence-corrected chi connectivity index (χ0v) is 15.8. The Kier molecular flexibility index (Phi) is 5.68. The Morgan fingerprint density at radius 2 is 1.81 bits per heavy atom. The number of nitrogens with zero attached hydrogens (tertiary/aromatic N) is 5. The molecule has 0 aliphatic carbocycles. The van der Waals surface area contributed by atoms with Crippen LogP contribution in [0.25, 0.3) is 11.4 Å². The quantitative estimate of drug-likeness (QED) is 0.625. The van der Waals surface area contributed by atoms with Crippen molar-refractivity contribution in [2.24, 2.45) is 7.05 Å². The third kappa shape index (κ3) is 3.94. The molecule has 0 spiro atoms. The van der Waals surface area contributed by atoms with Crippen LogP contribution in [0.5, 0.6) is 0 Å². The third-order valence-electron chi connectivity index (χ3n) is 3.92. The maximum absolute atomic E-state index is 12.8. The van der Waals surface area contributed by atoms with E-state index in [0.717, 1.165) is 17.1 Å². The smallest absolute Gasteiger partial charge is 0.237 e. The first-order valence-electron chi connectivity index (χ1n) is 8.37. The first-order valence-corrected chi connectivity index (χ1v) is 9.36. The molecule has 0 fully saturated rings. The summed E-state index contributed by atoms with van der Waals surface area (Å²) in [5.74, 6) is 1.10. The van der Waals surface area contributed by atoms with Crippen molar-refractivity contribution in [1.82, 2.24) is 19.7 Å². The molecular weight excluding hydrogens is 346 g/mol. The minimum atomic E-state index is 0.0460. The zero-order valence-electron chi connectivity index (χ0n) is 15.0. The molecule has 3 rings (SSSR count). The van der Waals surface area contributed by atoms with Gasteiger partial charge in [0.2, 0.25) is 5.91 Å². The number of pyridine rings is 1. The van der Waals surface area contributed by atoms with E-state index in [1.54, 1.807) is 12.4 Å². The van der Waals surface area contributed by atoms with E-state index in [9.17, 15) is 4.79 Å². The van der Waals surface area contributed by atoms with Gasteiger partial charge in [0.05, 0.1) is 5.75 Å². The summed E-state index contributed by atoms with van der Waals surface area (Å²) in [6.07, 6.45) is 3.45. The Morgan fingerprint density at radius 1 is 1.12 bits per heavy atom. The average molecular weight is 367 g/mol. The van der Waals surface area contributed by atoms with Gasteiger partial charge in [-0.1, -0.05) is 30.0 Å². The maximum atomic E-state index is 12.8. The number of rotatable bonds is 6. The summed E-state index contributed by atoms with van der Waals surface area (Å²) in [7, 11) is 1.90. The van der Waals surface area contributed by atoms with Crippen LogP contribution in [-0.2, 0) is 11.8 Å². The van der Waals surface area contributed by atoms with Crippen LogP contribution in [0, 0.1) is 0 Å². The van der Waals surface area contributed by atoms with E-state index in [0.29, 0.717) is 10.9 Å². The van der Waals surface area contributed by atoms with Crippen molar-refractivity contribution >= 4 is 23.4 Å². The van der Waals surface area contributed by atoms with E-state index in [4.69, 9.17) is 0 Å². The highest BCUT2D eigenvalue weighted by Gasteiger charge is 2.20. The van der Waals surface area contributed by atoms with Crippen LogP contribution in [0.2, 0.25) is 0 Å². The number of hydrogen-bond acceptors (Lipinski definition) is 5. The van der Waals surface area contributed by atoms with Gasteiger partial charge in [0.15, 0.2) is 11.0 Å². The number of anilines is 1. The van der Waals surface area contributed by atoms with Crippen molar-refractivity contribution < 1.29 is 4.79 Å². The molecule has 134 valence electrons. The molecule has 0 N–H and O–H groups in total. The fourth-order valence-electron chi connectivity index (χ4n) is 2.71. The van der Waals surface area contributed by atoms with Crippen molar-refractivity contribution in [3.63, 3.8) is 0 Å². The van der Waals surface area contributed by atoms with Crippen molar-refractivity contribution in [2.45, 2.75) is 25.0 Å². The summed E-state index contributed by atoms with van der Waals surface area (Å²) in [6.45, 7) is 4.03. The number of benzene rings is 1. The number of thioether (sulfide) groups is 1. The van der Waals surface area contributed by atoms with Crippen LogP contribution in [0.1, 0.15) is 13.8 Å². The first kappa shape index (κ1) is 18.1. The highest BCUT2D eigenvalue weighted by molar-refractivity contribution is 7.99. The number of carbonyl (C=O) groups is 1. The second-order valence-corrected chi connectivity index (χ2v) is 7.03. The van der Waals surface area contributed by atoms with Gasteiger partial charge in [-0.25, -0.2) is 0 Å². The van der Waals surface area contributed by atoms with Crippen LogP contribution in [-0.4, -0.2) is 37.5 Å². The van der Waals surface area contributed by atoms with E-state index in [1.807, 2.05) is 72.8 Å². The second kappa shape index (κ2) is 8.14. The first-order chi connectivity index (χ1) is 12.6. The Balaban J connectivity index is 1.72. The van der Waals surface area contributed by atoms with Crippen molar-refractivity contribution in [3.05, 3.63) is 54.9 Å². The molecule has 2 aromatic heterocycles. The lowest BCUT2D eigenvalue weighted by atomic mass is 10.2. The number of para-hydroxylation sites is 1. The maximum Gasteiger partial charge on any atom is 0.237 e. The van der Waals surface area contributed by atoms with Crippen molar-refractivity contribution in [3.8, 4) is 11.4 Å². The number of amides is 1. The van der Waals surface area contributed by atoms with Crippen molar-refractivity contribution in [1.29, 1.82) is 0 Å². The highest BCUT2D eigenvalue weighted by atomic mass is 32.2. The Morgan fingerprint density at radius 3 is 2.46 bits per heavy atom. The third-order valence-corrected chi connectivity index (χ3v) is 4.92. The summed E-state index contributed by atoms with van der Waals surface area (Å²) in [5.41, 5.74) is 1.85. The Bertz CT molecular complexity index is 864. The highest BCUT2D eigenvalue weighted by Crippen LogP contribution is 2.24.